The summed E-state index contributed by atoms with van der Waals surface area (Å²) in [5.41, 5.74) is 0.935. The number of aryl methyl sites for hydroxylation is 1. The van der Waals surface area contributed by atoms with Gasteiger partial charge in [0.2, 0.25) is 10.0 Å². The summed E-state index contributed by atoms with van der Waals surface area (Å²) in [5.74, 6) is -1.32. The van der Waals surface area contributed by atoms with Crippen LogP contribution in [0, 0.1) is 12.8 Å². The molecule has 1 heterocycles. The SMILES string of the molecule is Cc1ccc(S(=O)(=O)N[C@H](C(=O)OC(C)C(=O)N2CCCCCC2)C(C)C)cc1. The van der Waals surface area contributed by atoms with Gasteiger partial charge in [-0.05, 0) is 44.7 Å². The Morgan fingerprint density at radius 3 is 2.07 bits per heavy atom. The zero-order valence-corrected chi connectivity index (χ0v) is 18.5. The van der Waals surface area contributed by atoms with E-state index < -0.39 is 28.1 Å². The molecule has 0 bridgehead atoms. The van der Waals surface area contributed by atoms with E-state index in [1.807, 2.05) is 6.92 Å². The first-order valence-electron chi connectivity index (χ1n) is 10.2. The van der Waals surface area contributed by atoms with Gasteiger partial charge in [0.1, 0.15) is 6.04 Å². The van der Waals surface area contributed by atoms with Crippen LogP contribution in [0.2, 0.25) is 0 Å². The minimum atomic E-state index is -3.89. The smallest absolute Gasteiger partial charge is 0.325 e. The molecule has 1 amide bonds. The number of hydrogen-bond donors (Lipinski definition) is 1. The van der Waals surface area contributed by atoms with Crippen LogP contribution in [-0.2, 0) is 24.3 Å². The maximum Gasteiger partial charge on any atom is 0.325 e. The summed E-state index contributed by atoms with van der Waals surface area (Å²) in [6.45, 7) is 8.18. The molecule has 0 aliphatic carbocycles. The van der Waals surface area contributed by atoms with E-state index in [0.717, 1.165) is 31.2 Å². The molecular weight excluding hydrogens is 392 g/mol. The summed E-state index contributed by atoms with van der Waals surface area (Å²) in [5, 5.41) is 0. The van der Waals surface area contributed by atoms with Crippen LogP contribution in [0.15, 0.2) is 29.2 Å². The van der Waals surface area contributed by atoms with Crippen molar-refractivity contribution in [3.05, 3.63) is 29.8 Å². The van der Waals surface area contributed by atoms with E-state index in [2.05, 4.69) is 4.72 Å². The largest absolute Gasteiger partial charge is 0.451 e. The van der Waals surface area contributed by atoms with Gasteiger partial charge in [0, 0.05) is 13.1 Å². The standard InChI is InChI=1S/C21H32N2O5S/c1-15(2)19(22-29(26,27)18-11-9-16(3)10-12-18)21(25)28-17(4)20(24)23-13-7-5-6-8-14-23/h9-12,15,17,19,22H,5-8,13-14H2,1-4H3/t17?,19-/m0/s1. The zero-order valence-electron chi connectivity index (χ0n) is 17.7. The first kappa shape index (κ1) is 23.3. The number of carbonyl (C=O) groups excluding carboxylic acids is 2. The van der Waals surface area contributed by atoms with Crippen molar-refractivity contribution in [2.45, 2.75) is 70.4 Å². The van der Waals surface area contributed by atoms with Gasteiger partial charge in [-0.3, -0.25) is 9.59 Å². The third-order valence-electron chi connectivity index (χ3n) is 5.09. The van der Waals surface area contributed by atoms with Crippen LogP contribution in [0.1, 0.15) is 52.0 Å². The molecule has 0 spiro atoms. The summed E-state index contributed by atoms with van der Waals surface area (Å²) in [6.07, 6.45) is 3.11. The van der Waals surface area contributed by atoms with Crippen molar-refractivity contribution in [1.29, 1.82) is 0 Å². The fourth-order valence-corrected chi connectivity index (χ4v) is 4.59. The number of hydrogen-bond acceptors (Lipinski definition) is 5. The lowest BCUT2D eigenvalue weighted by Crippen LogP contribution is -2.48. The van der Waals surface area contributed by atoms with Gasteiger partial charge in [-0.2, -0.15) is 4.72 Å². The van der Waals surface area contributed by atoms with Gasteiger partial charge in [-0.15, -0.1) is 0 Å². The topological polar surface area (TPSA) is 92.8 Å². The van der Waals surface area contributed by atoms with E-state index in [0.29, 0.717) is 13.1 Å². The first-order valence-corrected chi connectivity index (χ1v) is 11.7. The minimum Gasteiger partial charge on any atom is -0.451 e. The quantitative estimate of drug-likeness (QED) is 0.679. The average molecular weight is 425 g/mol. The number of ether oxygens (including phenoxy) is 1. The van der Waals surface area contributed by atoms with Crippen molar-refractivity contribution in [2.24, 2.45) is 5.92 Å². The lowest BCUT2D eigenvalue weighted by molar-refractivity contribution is -0.161. The van der Waals surface area contributed by atoms with Gasteiger partial charge in [0.05, 0.1) is 4.90 Å². The molecule has 1 N–H and O–H groups in total. The van der Waals surface area contributed by atoms with E-state index in [9.17, 15) is 18.0 Å². The third-order valence-corrected chi connectivity index (χ3v) is 6.55. The molecule has 29 heavy (non-hydrogen) atoms. The molecule has 8 heteroatoms. The summed E-state index contributed by atoms with van der Waals surface area (Å²) in [7, 11) is -3.89. The van der Waals surface area contributed by atoms with Crippen molar-refractivity contribution in [3.8, 4) is 0 Å². The highest BCUT2D eigenvalue weighted by Gasteiger charge is 2.33. The van der Waals surface area contributed by atoms with Gasteiger partial charge in [-0.25, -0.2) is 8.42 Å². The van der Waals surface area contributed by atoms with Crippen molar-refractivity contribution in [2.75, 3.05) is 13.1 Å². The van der Waals surface area contributed by atoms with E-state index >= 15 is 0 Å². The molecule has 1 aromatic rings. The number of likely N-dealkylation sites (tertiary alicyclic amines) is 1. The van der Waals surface area contributed by atoms with Crippen molar-refractivity contribution in [3.63, 3.8) is 0 Å². The van der Waals surface area contributed by atoms with Gasteiger partial charge >= 0.3 is 5.97 Å². The fraction of sp³-hybridized carbons (Fsp3) is 0.619. The molecule has 0 saturated carbocycles. The number of carbonyl (C=O) groups is 2. The number of amides is 1. The molecule has 1 saturated heterocycles. The molecule has 2 atom stereocenters. The summed E-state index contributed by atoms with van der Waals surface area (Å²) in [4.78, 5) is 27.1. The Kier molecular flexibility index (Phi) is 8.22. The second-order valence-corrected chi connectivity index (χ2v) is 9.69. The highest BCUT2D eigenvalue weighted by atomic mass is 32.2. The monoisotopic (exact) mass is 424 g/mol. The lowest BCUT2D eigenvalue weighted by atomic mass is 10.1. The maximum absolute atomic E-state index is 12.7. The van der Waals surface area contributed by atoms with E-state index in [4.69, 9.17) is 4.74 Å². The van der Waals surface area contributed by atoms with Crippen molar-refractivity contribution >= 4 is 21.9 Å². The molecule has 162 valence electrons. The normalized spacial score (nSPS) is 17.5. The number of benzene rings is 1. The Morgan fingerprint density at radius 1 is 1.00 bits per heavy atom. The fourth-order valence-electron chi connectivity index (χ4n) is 3.26. The number of sulfonamides is 1. The number of esters is 1. The summed E-state index contributed by atoms with van der Waals surface area (Å²) >= 11 is 0. The molecule has 1 aromatic carbocycles. The molecule has 1 fully saturated rings. The molecule has 7 nitrogen and oxygen atoms in total. The molecule has 0 radical (unpaired) electrons. The molecule has 1 aliphatic heterocycles. The van der Waals surface area contributed by atoms with E-state index in [1.54, 1.807) is 30.9 Å². The van der Waals surface area contributed by atoms with Crippen LogP contribution in [-0.4, -0.2) is 50.4 Å². The molecular formula is C21H32N2O5S. The molecule has 1 aliphatic rings. The highest BCUT2D eigenvalue weighted by Crippen LogP contribution is 2.16. The van der Waals surface area contributed by atoms with Crippen LogP contribution in [0.5, 0.6) is 0 Å². The molecule has 0 aromatic heterocycles. The first-order chi connectivity index (χ1) is 13.6. The Labute approximate surface area is 173 Å². The van der Waals surface area contributed by atoms with Gasteiger partial charge in [-0.1, -0.05) is 44.4 Å². The predicted octanol–water partition coefficient (Wildman–Crippen LogP) is 2.63. The van der Waals surface area contributed by atoms with E-state index in [-0.39, 0.29) is 16.7 Å². The lowest BCUT2D eigenvalue weighted by Gasteiger charge is -2.26. The van der Waals surface area contributed by atoms with Gasteiger partial charge < -0.3 is 9.64 Å². The zero-order chi connectivity index (χ0) is 21.6. The Bertz CT molecular complexity index is 797. The average Bonchev–Trinajstić information content (AvgIpc) is 2.95. The van der Waals surface area contributed by atoms with Crippen LogP contribution in [0.4, 0.5) is 0 Å². The highest BCUT2D eigenvalue weighted by molar-refractivity contribution is 7.89. The number of rotatable bonds is 7. The predicted molar refractivity (Wildman–Crippen MR) is 111 cm³/mol. The van der Waals surface area contributed by atoms with Crippen molar-refractivity contribution in [1.82, 2.24) is 9.62 Å². The van der Waals surface area contributed by atoms with Crippen LogP contribution < -0.4 is 4.72 Å². The Morgan fingerprint density at radius 2 is 1.55 bits per heavy atom. The van der Waals surface area contributed by atoms with Crippen molar-refractivity contribution < 1.29 is 22.7 Å². The molecule has 2 rings (SSSR count). The Balaban J connectivity index is 2.06. The third kappa shape index (κ3) is 6.54. The van der Waals surface area contributed by atoms with E-state index in [1.165, 1.54) is 19.1 Å². The Hall–Kier alpha value is -1.93. The van der Waals surface area contributed by atoms with Gasteiger partial charge in [0.15, 0.2) is 6.10 Å². The number of nitrogens with one attached hydrogen (secondary N) is 1. The molecule has 1 unspecified atom stereocenters. The van der Waals surface area contributed by atoms with Crippen LogP contribution in [0.25, 0.3) is 0 Å². The second-order valence-electron chi connectivity index (χ2n) is 7.97. The minimum absolute atomic E-state index is 0.0789. The maximum atomic E-state index is 12.7. The summed E-state index contributed by atoms with van der Waals surface area (Å²) in [6, 6.07) is 5.29. The van der Waals surface area contributed by atoms with Gasteiger partial charge in [0.25, 0.3) is 5.91 Å². The number of nitrogens with zero attached hydrogens (tertiary/aromatic N) is 1. The van der Waals surface area contributed by atoms with Crippen LogP contribution >= 0.6 is 0 Å². The summed E-state index contributed by atoms with van der Waals surface area (Å²) < 4.78 is 33.2. The second kappa shape index (κ2) is 10.2. The van der Waals surface area contributed by atoms with Crippen LogP contribution in [0.3, 0.4) is 0 Å².